The van der Waals surface area contributed by atoms with Crippen molar-refractivity contribution in [2.75, 3.05) is 29.9 Å². The third-order valence-corrected chi connectivity index (χ3v) is 5.33. The summed E-state index contributed by atoms with van der Waals surface area (Å²) in [4.78, 5) is 40.6. The molecule has 0 spiro atoms. The van der Waals surface area contributed by atoms with E-state index in [2.05, 4.69) is 15.6 Å². The van der Waals surface area contributed by atoms with Crippen LogP contribution in [0.1, 0.15) is 12.8 Å². The summed E-state index contributed by atoms with van der Waals surface area (Å²) in [5.41, 5.74) is 0.711. The van der Waals surface area contributed by atoms with Crippen LogP contribution in [0.3, 0.4) is 0 Å². The first-order valence-electron chi connectivity index (χ1n) is 10.0. The number of rotatable bonds is 5. The molecule has 1 aromatic heterocycles. The molecular formula is C21H20FN5O5. The molecule has 0 radical (unpaired) electrons. The molecule has 166 valence electrons. The summed E-state index contributed by atoms with van der Waals surface area (Å²) in [6, 6.07) is 11.0. The number of piperidine rings is 1. The first-order chi connectivity index (χ1) is 15.4. The number of carbonyl (C=O) groups is 2. The van der Waals surface area contributed by atoms with E-state index in [-0.39, 0.29) is 11.6 Å². The fourth-order valence-electron chi connectivity index (χ4n) is 3.56. The standard InChI is InChI=1S/C21H20FN5O5/c22-15-6-5-14(11-17(15)27(30)31)24-20(29)19(28)23-12-13-7-9-26(10-8-13)21-25-16-3-1-2-4-18(16)32-21/h1-6,11,13H,7-10,12H2,(H,23,28)(H,24,29). The van der Waals surface area contributed by atoms with Crippen molar-refractivity contribution in [2.24, 2.45) is 5.92 Å². The zero-order valence-corrected chi connectivity index (χ0v) is 16.9. The fourth-order valence-corrected chi connectivity index (χ4v) is 3.56. The normalized spacial score (nSPS) is 14.3. The maximum Gasteiger partial charge on any atom is 0.313 e. The van der Waals surface area contributed by atoms with E-state index in [4.69, 9.17) is 4.42 Å². The number of hydrogen-bond acceptors (Lipinski definition) is 7. The molecule has 2 N–H and O–H groups in total. The Bertz CT molecular complexity index is 1140. The zero-order chi connectivity index (χ0) is 22.7. The third-order valence-electron chi connectivity index (χ3n) is 5.33. The molecular weight excluding hydrogens is 421 g/mol. The van der Waals surface area contributed by atoms with Crippen LogP contribution in [0.4, 0.5) is 21.8 Å². The predicted octanol–water partition coefficient (Wildman–Crippen LogP) is 2.85. The highest BCUT2D eigenvalue weighted by Crippen LogP contribution is 2.26. The van der Waals surface area contributed by atoms with E-state index in [0.717, 1.165) is 42.1 Å². The lowest BCUT2D eigenvalue weighted by atomic mass is 9.97. The number of fused-ring (bicyclic) bond motifs is 1. The molecule has 2 amide bonds. The van der Waals surface area contributed by atoms with Crippen molar-refractivity contribution in [1.82, 2.24) is 10.3 Å². The van der Waals surface area contributed by atoms with Crippen molar-refractivity contribution in [3.8, 4) is 0 Å². The van der Waals surface area contributed by atoms with Gasteiger partial charge in [0.05, 0.1) is 4.92 Å². The van der Waals surface area contributed by atoms with Crippen LogP contribution >= 0.6 is 0 Å². The van der Waals surface area contributed by atoms with Crippen LogP contribution in [0.15, 0.2) is 46.9 Å². The van der Waals surface area contributed by atoms with Crippen LogP contribution < -0.4 is 15.5 Å². The van der Waals surface area contributed by atoms with Crippen molar-refractivity contribution in [3.05, 3.63) is 58.4 Å². The number of para-hydroxylation sites is 2. The first kappa shape index (κ1) is 21.2. The van der Waals surface area contributed by atoms with E-state index in [1.807, 2.05) is 29.2 Å². The third kappa shape index (κ3) is 4.66. The number of oxazole rings is 1. The van der Waals surface area contributed by atoms with Crippen LogP contribution in [0.25, 0.3) is 11.1 Å². The monoisotopic (exact) mass is 441 g/mol. The number of carbonyl (C=O) groups excluding carboxylic acids is 2. The fraction of sp³-hybridized carbons (Fsp3) is 0.286. The van der Waals surface area contributed by atoms with Crippen LogP contribution in [0.5, 0.6) is 0 Å². The Morgan fingerprint density at radius 3 is 2.66 bits per heavy atom. The van der Waals surface area contributed by atoms with Gasteiger partial charge in [-0.1, -0.05) is 12.1 Å². The Balaban J connectivity index is 1.25. The topological polar surface area (TPSA) is 131 Å². The Kier molecular flexibility index (Phi) is 5.97. The van der Waals surface area contributed by atoms with E-state index in [1.165, 1.54) is 0 Å². The van der Waals surface area contributed by atoms with Crippen LogP contribution in [0.2, 0.25) is 0 Å². The number of nitrogens with zero attached hydrogens (tertiary/aromatic N) is 3. The minimum absolute atomic E-state index is 0.0371. The number of amides is 2. The van der Waals surface area contributed by atoms with Gasteiger partial charge < -0.3 is 20.0 Å². The summed E-state index contributed by atoms with van der Waals surface area (Å²) >= 11 is 0. The highest BCUT2D eigenvalue weighted by atomic mass is 19.1. The predicted molar refractivity (Wildman–Crippen MR) is 114 cm³/mol. The van der Waals surface area contributed by atoms with Gasteiger partial charge in [-0.15, -0.1) is 0 Å². The number of benzene rings is 2. The number of anilines is 2. The van der Waals surface area contributed by atoms with Crippen LogP contribution in [-0.4, -0.2) is 41.4 Å². The summed E-state index contributed by atoms with van der Waals surface area (Å²) in [6.07, 6.45) is 1.57. The van der Waals surface area contributed by atoms with Crippen molar-refractivity contribution in [1.29, 1.82) is 0 Å². The molecule has 1 fully saturated rings. The van der Waals surface area contributed by atoms with Gasteiger partial charge in [-0.3, -0.25) is 19.7 Å². The van der Waals surface area contributed by atoms with Gasteiger partial charge in [0.15, 0.2) is 5.58 Å². The average Bonchev–Trinajstić information content (AvgIpc) is 3.23. The van der Waals surface area contributed by atoms with Gasteiger partial charge in [-0.2, -0.15) is 9.37 Å². The number of nitrogens with one attached hydrogen (secondary N) is 2. The molecule has 2 heterocycles. The molecule has 32 heavy (non-hydrogen) atoms. The molecule has 0 unspecified atom stereocenters. The summed E-state index contributed by atoms with van der Waals surface area (Å²) in [6.45, 7) is 1.73. The molecule has 3 aromatic rings. The summed E-state index contributed by atoms with van der Waals surface area (Å²) in [5.74, 6) is -2.69. The van der Waals surface area contributed by atoms with Gasteiger partial charge in [0.2, 0.25) is 5.82 Å². The minimum atomic E-state index is -1.03. The van der Waals surface area contributed by atoms with E-state index in [9.17, 15) is 24.1 Å². The smallest absolute Gasteiger partial charge is 0.313 e. The van der Waals surface area contributed by atoms with Gasteiger partial charge >= 0.3 is 17.5 Å². The molecule has 1 saturated heterocycles. The van der Waals surface area contributed by atoms with Crippen LogP contribution in [0, 0.1) is 21.8 Å². The highest BCUT2D eigenvalue weighted by molar-refractivity contribution is 6.39. The number of nitro groups is 1. The molecule has 11 heteroatoms. The summed E-state index contributed by atoms with van der Waals surface area (Å²) < 4.78 is 19.2. The molecule has 0 bridgehead atoms. The van der Waals surface area contributed by atoms with Gasteiger partial charge in [0.1, 0.15) is 5.52 Å². The number of halogens is 1. The second-order valence-corrected chi connectivity index (χ2v) is 7.48. The minimum Gasteiger partial charge on any atom is -0.423 e. The number of nitro benzene ring substituents is 1. The Morgan fingerprint density at radius 1 is 1.19 bits per heavy atom. The largest absolute Gasteiger partial charge is 0.423 e. The zero-order valence-electron chi connectivity index (χ0n) is 16.9. The van der Waals surface area contributed by atoms with Crippen molar-refractivity contribution < 1.29 is 23.3 Å². The van der Waals surface area contributed by atoms with E-state index in [1.54, 1.807) is 0 Å². The second kappa shape index (κ2) is 9.00. The maximum absolute atomic E-state index is 13.4. The number of aromatic nitrogens is 1. The molecule has 0 aliphatic carbocycles. The molecule has 0 atom stereocenters. The molecule has 1 aliphatic heterocycles. The Morgan fingerprint density at radius 2 is 1.94 bits per heavy atom. The van der Waals surface area contributed by atoms with E-state index < -0.39 is 28.2 Å². The molecule has 1 aliphatic rings. The van der Waals surface area contributed by atoms with Crippen molar-refractivity contribution in [2.45, 2.75) is 12.8 Å². The quantitative estimate of drug-likeness (QED) is 0.354. The summed E-state index contributed by atoms with van der Waals surface area (Å²) in [5, 5.41) is 15.6. The van der Waals surface area contributed by atoms with Crippen molar-refractivity contribution in [3.63, 3.8) is 0 Å². The van der Waals surface area contributed by atoms with Crippen molar-refractivity contribution >= 4 is 40.3 Å². The molecule has 0 saturated carbocycles. The molecule has 10 nitrogen and oxygen atoms in total. The van der Waals surface area contributed by atoms with Crippen LogP contribution in [-0.2, 0) is 9.59 Å². The van der Waals surface area contributed by atoms with Gasteiger partial charge in [-0.25, -0.2) is 0 Å². The van der Waals surface area contributed by atoms with E-state index >= 15 is 0 Å². The lowest BCUT2D eigenvalue weighted by Gasteiger charge is -2.30. The SMILES string of the molecule is O=C(NCC1CCN(c2nc3ccccc3o2)CC1)C(=O)Nc1ccc(F)c([N+](=O)[O-])c1. The second-order valence-electron chi connectivity index (χ2n) is 7.48. The lowest BCUT2D eigenvalue weighted by molar-refractivity contribution is -0.387. The Hall–Kier alpha value is -4.02. The maximum atomic E-state index is 13.4. The lowest BCUT2D eigenvalue weighted by Crippen LogP contribution is -2.42. The van der Waals surface area contributed by atoms with Gasteiger partial charge in [0.25, 0.3) is 6.01 Å². The average molecular weight is 441 g/mol. The summed E-state index contributed by atoms with van der Waals surface area (Å²) in [7, 11) is 0. The number of hydrogen-bond donors (Lipinski definition) is 2. The molecule has 2 aromatic carbocycles. The Labute approximate surface area is 181 Å². The first-order valence-corrected chi connectivity index (χ1v) is 10.0. The molecule has 4 rings (SSSR count). The van der Waals surface area contributed by atoms with Gasteiger partial charge in [0, 0.05) is 31.4 Å². The van der Waals surface area contributed by atoms with Gasteiger partial charge in [-0.05, 0) is 43.0 Å². The van der Waals surface area contributed by atoms with E-state index in [0.29, 0.717) is 25.6 Å². The highest BCUT2D eigenvalue weighted by Gasteiger charge is 2.24.